The van der Waals surface area contributed by atoms with Crippen LogP contribution >= 0.6 is 0 Å². The first-order valence-corrected chi connectivity index (χ1v) is 17.8. The Morgan fingerprint density at radius 1 is 0.878 bits per heavy atom. The van der Waals surface area contributed by atoms with Gasteiger partial charge in [0.15, 0.2) is 0 Å². The molecule has 3 fully saturated rings. The van der Waals surface area contributed by atoms with Gasteiger partial charge in [0.2, 0.25) is 11.8 Å². The SMILES string of the molecule is O=C1[C@@H]2[C@@H](CC(COc3ccccc3)=C3[C@@H](CC/C(=C/c4ccc(O)c5ccccc45)c4ccccn4)OC[C@@H]32)C(=O)N1C1CCCCC1. The summed E-state index contributed by atoms with van der Waals surface area (Å²) in [7, 11) is 0. The van der Waals surface area contributed by atoms with Crippen LogP contribution < -0.4 is 4.74 Å². The number of hydrogen-bond acceptors (Lipinski definition) is 6. The zero-order valence-corrected chi connectivity index (χ0v) is 27.7. The first-order valence-electron chi connectivity index (χ1n) is 17.8. The average molecular weight is 655 g/mol. The van der Waals surface area contributed by atoms with Crippen molar-refractivity contribution in [3.63, 3.8) is 0 Å². The summed E-state index contributed by atoms with van der Waals surface area (Å²) in [6.07, 6.45) is 10.8. The average Bonchev–Trinajstić information content (AvgIpc) is 3.68. The Balaban J connectivity index is 1.11. The Bertz CT molecular complexity index is 1910. The van der Waals surface area contributed by atoms with Gasteiger partial charge in [0, 0.05) is 23.5 Å². The maximum Gasteiger partial charge on any atom is 0.234 e. The lowest BCUT2D eigenvalue weighted by atomic mass is 9.69. The van der Waals surface area contributed by atoms with E-state index in [1.54, 1.807) is 11.0 Å². The number of nitrogens with zero attached hydrogens (tertiary/aromatic N) is 2. The van der Waals surface area contributed by atoms with Gasteiger partial charge in [-0.25, -0.2) is 0 Å². The Morgan fingerprint density at radius 2 is 1.65 bits per heavy atom. The van der Waals surface area contributed by atoms with Crippen LogP contribution in [-0.2, 0) is 14.3 Å². The third kappa shape index (κ3) is 6.05. The number of benzene rings is 3. The molecule has 3 aromatic carbocycles. The summed E-state index contributed by atoms with van der Waals surface area (Å²) in [4.78, 5) is 34.5. The van der Waals surface area contributed by atoms with Crippen molar-refractivity contribution in [1.29, 1.82) is 0 Å². The largest absolute Gasteiger partial charge is 0.507 e. The van der Waals surface area contributed by atoms with E-state index < -0.39 is 0 Å². The number of hydrogen-bond donors (Lipinski definition) is 1. The second kappa shape index (κ2) is 13.6. The van der Waals surface area contributed by atoms with Crippen LogP contribution in [-0.4, -0.2) is 52.2 Å². The van der Waals surface area contributed by atoms with Gasteiger partial charge in [-0.15, -0.1) is 0 Å². The van der Waals surface area contributed by atoms with Crippen molar-refractivity contribution < 1.29 is 24.2 Å². The molecular weight excluding hydrogens is 612 g/mol. The second-order valence-electron chi connectivity index (χ2n) is 13.9. The molecular formula is C42H42N2O5. The molecule has 4 atom stereocenters. The Hall–Kier alpha value is -4.75. The number of phenolic OH excluding ortho intramolecular Hbond substituents is 1. The minimum Gasteiger partial charge on any atom is -0.507 e. The summed E-state index contributed by atoms with van der Waals surface area (Å²) < 4.78 is 12.9. The van der Waals surface area contributed by atoms with E-state index in [9.17, 15) is 14.7 Å². The summed E-state index contributed by atoms with van der Waals surface area (Å²) in [5.41, 5.74) is 5.21. The zero-order valence-electron chi connectivity index (χ0n) is 27.7. The smallest absolute Gasteiger partial charge is 0.234 e. The molecule has 8 rings (SSSR count). The van der Waals surface area contributed by atoms with Crippen LogP contribution in [0.15, 0.2) is 102 Å². The van der Waals surface area contributed by atoms with E-state index in [-0.39, 0.29) is 47.5 Å². The van der Waals surface area contributed by atoms with Gasteiger partial charge in [-0.3, -0.25) is 19.5 Å². The van der Waals surface area contributed by atoms with Crippen LogP contribution in [0, 0.1) is 17.8 Å². The van der Waals surface area contributed by atoms with Crippen LogP contribution in [0.1, 0.15) is 62.6 Å². The summed E-state index contributed by atoms with van der Waals surface area (Å²) >= 11 is 0. The lowest BCUT2D eigenvalue weighted by Gasteiger charge is -2.32. The van der Waals surface area contributed by atoms with E-state index in [0.29, 0.717) is 32.5 Å². The van der Waals surface area contributed by atoms with Crippen LogP contribution in [0.2, 0.25) is 0 Å². The van der Waals surface area contributed by atoms with E-state index in [2.05, 4.69) is 6.08 Å². The van der Waals surface area contributed by atoms with E-state index >= 15 is 0 Å². The van der Waals surface area contributed by atoms with Crippen LogP contribution in [0.25, 0.3) is 22.4 Å². The Kier molecular flexibility index (Phi) is 8.77. The summed E-state index contributed by atoms with van der Waals surface area (Å²) in [5.74, 6) is 0.187. The van der Waals surface area contributed by atoms with Gasteiger partial charge in [-0.1, -0.05) is 73.9 Å². The van der Waals surface area contributed by atoms with Crippen molar-refractivity contribution in [1.82, 2.24) is 9.88 Å². The third-order valence-corrected chi connectivity index (χ3v) is 11.1. The molecule has 2 amide bonds. The van der Waals surface area contributed by atoms with E-state index in [1.807, 2.05) is 85.1 Å². The van der Waals surface area contributed by atoms with Crippen LogP contribution in [0.5, 0.6) is 11.5 Å². The number of rotatable bonds is 9. The molecule has 2 aliphatic carbocycles. The fourth-order valence-electron chi connectivity index (χ4n) is 8.75. The molecule has 3 heterocycles. The molecule has 2 saturated heterocycles. The molecule has 0 bridgehead atoms. The van der Waals surface area contributed by atoms with Crippen molar-refractivity contribution in [2.45, 2.75) is 63.5 Å². The molecule has 4 aromatic rings. The van der Waals surface area contributed by atoms with Gasteiger partial charge in [0.1, 0.15) is 18.1 Å². The lowest BCUT2D eigenvalue weighted by molar-refractivity contribution is -0.143. The molecule has 7 heteroatoms. The van der Waals surface area contributed by atoms with Crippen molar-refractivity contribution in [2.24, 2.45) is 17.8 Å². The molecule has 7 nitrogen and oxygen atoms in total. The van der Waals surface area contributed by atoms with E-state index in [1.165, 1.54) is 6.42 Å². The zero-order chi connectivity index (χ0) is 33.3. The molecule has 0 unspecified atom stereocenters. The number of carbonyl (C=O) groups is 2. The number of para-hydroxylation sites is 1. The fourth-order valence-corrected chi connectivity index (χ4v) is 8.75. The highest BCUT2D eigenvalue weighted by Gasteiger charge is 2.58. The Labute approximate surface area is 287 Å². The standard InChI is InChI=1S/C42H42N2O5/c45-37-20-18-27(32-15-7-8-16-33(32)37)23-28(36-17-9-10-22-43-36)19-21-38-39-29(25-48-31-13-5-2-6-14-31)24-34-40(35(39)26-49-38)42(47)44(41(34)46)30-11-3-1-4-12-30/h2,5-10,13-18,20,22-23,30,34-35,38,40,45H,1,3-4,11-12,19,21,24-26H2/b28-23-/t34-,35+,38-,40-/m1/s1. The van der Waals surface area contributed by atoms with Gasteiger partial charge < -0.3 is 14.6 Å². The molecule has 0 spiro atoms. The number of phenols is 1. The fraction of sp³-hybridized carbons (Fsp3) is 0.357. The van der Waals surface area contributed by atoms with Crippen molar-refractivity contribution >= 4 is 34.2 Å². The number of carbonyl (C=O) groups excluding carboxylic acids is 2. The predicted molar refractivity (Wildman–Crippen MR) is 189 cm³/mol. The molecule has 250 valence electrons. The highest BCUT2D eigenvalue weighted by Crippen LogP contribution is 2.51. The molecule has 0 radical (unpaired) electrons. The number of aromatic hydroxyl groups is 1. The summed E-state index contributed by atoms with van der Waals surface area (Å²) in [6.45, 7) is 0.797. The molecule has 49 heavy (non-hydrogen) atoms. The summed E-state index contributed by atoms with van der Waals surface area (Å²) in [5, 5.41) is 12.3. The molecule has 1 saturated carbocycles. The first-order chi connectivity index (χ1) is 24.1. The maximum atomic E-state index is 14.1. The van der Waals surface area contributed by atoms with E-state index in [4.69, 9.17) is 14.5 Å². The normalized spacial score (nSPS) is 24.4. The van der Waals surface area contributed by atoms with Crippen molar-refractivity contribution in [3.05, 3.63) is 114 Å². The van der Waals surface area contributed by atoms with E-state index in [0.717, 1.165) is 70.2 Å². The highest BCUT2D eigenvalue weighted by atomic mass is 16.5. The predicted octanol–water partition coefficient (Wildman–Crippen LogP) is 7.99. The van der Waals surface area contributed by atoms with Crippen LogP contribution in [0.3, 0.4) is 0 Å². The van der Waals surface area contributed by atoms with Gasteiger partial charge in [0.25, 0.3) is 0 Å². The number of amides is 2. The van der Waals surface area contributed by atoms with Gasteiger partial charge >= 0.3 is 0 Å². The first kappa shape index (κ1) is 31.5. The van der Waals surface area contributed by atoms with Gasteiger partial charge in [-0.2, -0.15) is 0 Å². The maximum absolute atomic E-state index is 14.1. The second-order valence-corrected chi connectivity index (χ2v) is 13.9. The molecule has 4 aliphatic rings. The van der Waals surface area contributed by atoms with Gasteiger partial charge in [-0.05, 0) is 96.2 Å². The number of ether oxygens (including phenoxy) is 2. The number of likely N-dealkylation sites (tertiary alicyclic amines) is 1. The Morgan fingerprint density at radius 3 is 2.45 bits per heavy atom. The number of pyridine rings is 1. The lowest BCUT2D eigenvalue weighted by Crippen LogP contribution is -2.42. The van der Waals surface area contributed by atoms with Crippen molar-refractivity contribution in [3.8, 4) is 11.5 Å². The number of imide groups is 1. The molecule has 1 aromatic heterocycles. The number of fused-ring (bicyclic) bond motifs is 4. The van der Waals surface area contributed by atoms with Gasteiger partial charge in [0.05, 0.1) is 30.2 Å². The topological polar surface area (TPSA) is 89.0 Å². The molecule has 2 aliphatic heterocycles. The number of aromatic nitrogens is 1. The quantitative estimate of drug-likeness (QED) is 0.145. The minimum absolute atomic E-state index is 0.00288. The summed E-state index contributed by atoms with van der Waals surface area (Å²) in [6, 6.07) is 27.3. The minimum atomic E-state index is -0.371. The van der Waals surface area contributed by atoms with Crippen LogP contribution in [0.4, 0.5) is 0 Å². The molecule has 1 N–H and O–H groups in total. The third-order valence-electron chi connectivity index (χ3n) is 11.1. The number of allylic oxidation sites excluding steroid dienone is 1. The van der Waals surface area contributed by atoms with Crippen molar-refractivity contribution in [2.75, 3.05) is 13.2 Å². The monoisotopic (exact) mass is 654 g/mol. The highest BCUT2D eigenvalue weighted by molar-refractivity contribution is 6.06.